The van der Waals surface area contributed by atoms with Gasteiger partial charge in [-0.3, -0.25) is 4.68 Å². The van der Waals surface area contributed by atoms with E-state index in [4.69, 9.17) is 18.0 Å². The molecule has 0 amide bonds. The van der Waals surface area contributed by atoms with Gasteiger partial charge in [-0.2, -0.15) is 5.10 Å². The highest BCUT2D eigenvalue weighted by atomic mass is 32.1. The molecule has 2 rings (SSSR count). The molecule has 4 nitrogen and oxygen atoms in total. The molecule has 0 radical (unpaired) electrons. The first-order valence-electron chi connectivity index (χ1n) is 6.12. The maximum absolute atomic E-state index is 5.77. The minimum Gasteiger partial charge on any atom is -0.389 e. The van der Waals surface area contributed by atoms with E-state index < -0.39 is 0 Å². The van der Waals surface area contributed by atoms with Gasteiger partial charge in [-0.25, -0.2) is 0 Å². The van der Waals surface area contributed by atoms with Crippen molar-refractivity contribution in [3.05, 3.63) is 46.6 Å². The molecule has 0 bridgehead atoms. The fourth-order valence-electron chi connectivity index (χ4n) is 2.14. The van der Waals surface area contributed by atoms with Crippen molar-refractivity contribution in [2.75, 3.05) is 5.32 Å². The van der Waals surface area contributed by atoms with Crippen molar-refractivity contribution in [3.63, 3.8) is 0 Å². The predicted molar refractivity (Wildman–Crippen MR) is 82.3 cm³/mol. The highest BCUT2D eigenvalue weighted by Gasteiger charge is 2.15. The Balaban J connectivity index is 2.25. The van der Waals surface area contributed by atoms with Crippen LogP contribution in [0.25, 0.3) is 0 Å². The second kappa shape index (κ2) is 5.40. The third-order valence-electron chi connectivity index (χ3n) is 3.18. The highest BCUT2D eigenvalue weighted by Crippen LogP contribution is 2.20. The van der Waals surface area contributed by atoms with Crippen molar-refractivity contribution in [1.82, 2.24) is 9.78 Å². The zero-order valence-electron chi connectivity index (χ0n) is 11.4. The van der Waals surface area contributed by atoms with Crippen LogP contribution in [0, 0.1) is 13.8 Å². The average molecular weight is 274 g/mol. The van der Waals surface area contributed by atoms with Crippen molar-refractivity contribution in [2.24, 2.45) is 12.8 Å². The third-order valence-corrected chi connectivity index (χ3v) is 3.38. The summed E-state index contributed by atoms with van der Waals surface area (Å²) < 4.78 is 1.78. The van der Waals surface area contributed by atoms with E-state index in [1.807, 2.05) is 26.1 Å². The molecular formula is C14H18N4S. The van der Waals surface area contributed by atoms with Crippen LogP contribution in [-0.2, 0) is 13.6 Å². The largest absolute Gasteiger partial charge is 0.389 e. The number of aromatic nitrogens is 2. The molecule has 0 aliphatic carbocycles. The Labute approximate surface area is 118 Å². The number of nitrogens with two attached hydrogens (primary N) is 1. The summed E-state index contributed by atoms with van der Waals surface area (Å²) in [6.07, 6.45) is 0. The van der Waals surface area contributed by atoms with Crippen LogP contribution in [0.5, 0.6) is 0 Å². The van der Waals surface area contributed by atoms with E-state index in [9.17, 15) is 0 Å². The Hall–Kier alpha value is -1.88. The van der Waals surface area contributed by atoms with E-state index in [1.54, 1.807) is 4.68 Å². The van der Waals surface area contributed by atoms with Gasteiger partial charge in [-0.15, -0.1) is 0 Å². The van der Waals surface area contributed by atoms with Crippen molar-refractivity contribution in [2.45, 2.75) is 20.4 Å². The number of benzene rings is 1. The Morgan fingerprint density at radius 3 is 2.68 bits per heavy atom. The van der Waals surface area contributed by atoms with Crippen molar-refractivity contribution in [1.29, 1.82) is 0 Å². The van der Waals surface area contributed by atoms with E-state index in [-0.39, 0.29) is 0 Å². The molecule has 0 atom stereocenters. The van der Waals surface area contributed by atoms with E-state index in [0.29, 0.717) is 4.99 Å². The summed E-state index contributed by atoms with van der Waals surface area (Å²) in [5.41, 5.74) is 9.94. The molecule has 1 heterocycles. The van der Waals surface area contributed by atoms with E-state index in [0.717, 1.165) is 23.6 Å². The number of hydrogen-bond acceptors (Lipinski definition) is 3. The Morgan fingerprint density at radius 2 is 2.05 bits per heavy atom. The second-order valence-corrected chi connectivity index (χ2v) is 5.02. The lowest BCUT2D eigenvalue weighted by Gasteiger charge is -2.11. The molecule has 0 saturated heterocycles. The maximum atomic E-state index is 5.77. The van der Waals surface area contributed by atoms with Crippen LogP contribution in [0.2, 0.25) is 0 Å². The molecule has 2 aromatic rings. The smallest absolute Gasteiger partial charge is 0.134 e. The van der Waals surface area contributed by atoms with Crippen LogP contribution in [0.1, 0.15) is 22.4 Å². The summed E-state index contributed by atoms with van der Waals surface area (Å²) in [5.74, 6) is 0.869. The normalized spacial score (nSPS) is 10.5. The van der Waals surface area contributed by atoms with Gasteiger partial charge in [-0.1, -0.05) is 36.5 Å². The molecule has 0 spiro atoms. The summed E-state index contributed by atoms with van der Waals surface area (Å²) in [5, 5.41) is 7.73. The fourth-order valence-corrected chi connectivity index (χ4v) is 2.39. The molecule has 0 aliphatic rings. The standard InChI is InChI=1S/C14H18N4S/c1-9-6-4-5-7-11(9)8-16-14-12(13(15)19)10(2)17-18(14)3/h4-7,16H,8H2,1-3H3,(H2,15,19). The minimum atomic E-state index is 0.373. The average Bonchev–Trinajstić information content (AvgIpc) is 2.63. The van der Waals surface area contributed by atoms with Crippen LogP contribution in [0.3, 0.4) is 0 Å². The van der Waals surface area contributed by atoms with E-state index >= 15 is 0 Å². The van der Waals surface area contributed by atoms with E-state index in [2.05, 4.69) is 29.5 Å². The van der Waals surface area contributed by atoms with E-state index in [1.165, 1.54) is 11.1 Å². The second-order valence-electron chi connectivity index (χ2n) is 4.58. The van der Waals surface area contributed by atoms with Gasteiger partial charge in [-0.05, 0) is 25.0 Å². The first kappa shape index (κ1) is 13.5. The molecule has 0 aliphatic heterocycles. The number of nitrogens with zero attached hydrogens (tertiary/aromatic N) is 2. The third kappa shape index (κ3) is 2.76. The van der Waals surface area contributed by atoms with Gasteiger partial charge in [0.2, 0.25) is 0 Å². The molecule has 0 unspecified atom stereocenters. The van der Waals surface area contributed by atoms with Gasteiger partial charge >= 0.3 is 0 Å². The topological polar surface area (TPSA) is 55.9 Å². The van der Waals surface area contributed by atoms with Gasteiger partial charge < -0.3 is 11.1 Å². The highest BCUT2D eigenvalue weighted by molar-refractivity contribution is 7.80. The zero-order valence-corrected chi connectivity index (χ0v) is 12.2. The number of hydrogen-bond donors (Lipinski definition) is 2. The van der Waals surface area contributed by atoms with Gasteiger partial charge in [0, 0.05) is 13.6 Å². The molecule has 0 fully saturated rings. The summed E-state index contributed by atoms with van der Waals surface area (Å²) >= 11 is 5.09. The van der Waals surface area contributed by atoms with Crippen LogP contribution in [0.15, 0.2) is 24.3 Å². The monoisotopic (exact) mass is 274 g/mol. The molecule has 3 N–H and O–H groups in total. The summed E-state index contributed by atoms with van der Waals surface area (Å²) in [6, 6.07) is 8.27. The number of rotatable bonds is 4. The first-order chi connectivity index (χ1) is 9.00. The fraction of sp³-hybridized carbons (Fsp3) is 0.286. The lowest BCUT2D eigenvalue weighted by atomic mass is 10.1. The van der Waals surface area contributed by atoms with Crippen molar-refractivity contribution in [3.8, 4) is 0 Å². The summed E-state index contributed by atoms with van der Waals surface area (Å²) in [6.45, 7) is 4.73. The SMILES string of the molecule is Cc1ccccc1CNc1c(C(N)=S)c(C)nn1C. The van der Waals surface area contributed by atoms with Gasteiger partial charge in [0.1, 0.15) is 10.8 Å². The lowest BCUT2D eigenvalue weighted by molar-refractivity contribution is 0.758. The van der Waals surface area contributed by atoms with Crippen LogP contribution >= 0.6 is 12.2 Å². The number of anilines is 1. The molecule has 19 heavy (non-hydrogen) atoms. The Morgan fingerprint density at radius 1 is 1.37 bits per heavy atom. The van der Waals surface area contributed by atoms with Gasteiger partial charge in [0.05, 0.1) is 11.3 Å². The van der Waals surface area contributed by atoms with Crippen LogP contribution in [-0.4, -0.2) is 14.8 Å². The van der Waals surface area contributed by atoms with Crippen LogP contribution in [0.4, 0.5) is 5.82 Å². The quantitative estimate of drug-likeness (QED) is 0.840. The maximum Gasteiger partial charge on any atom is 0.134 e. The number of thiocarbonyl (C=S) groups is 1. The van der Waals surface area contributed by atoms with Crippen molar-refractivity contribution >= 4 is 23.0 Å². The molecule has 100 valence electrons. The molecule has 1 aromatic carbocycles. The summed E-state index contributed by atoms with van der Waals surface area (Å²) in [4.78, 5) is 0.373. The molecule has 5 heteroatoms. The first-order valence-corrected chi connectivity index (χ1v) is 6.53. The number of aryl methyl sites for hydroxylation is 3. The van der Waals surface area contributed by atoms with Gasteiger partial charge in [0.25, 0.3) is 0 Å². The Kier molecular flexibility index (Phi) is 3.85. The predicted octanol–water partition coefficient (Wildman–Crippen LogP) is 2.28. The lowest BCUT2D eigenvalue weighted by Crippen LogP contribution is -2.14. The zero-order chi connectivity index (χ0) is 14.0. The minimum absolute atomic E-state index is 0.373. The molecule has 0 saturated carbocycles. The van der Waals surface area contributed by atoms with Crippen molar-refractivity contribution < 1.29 is 0 Å². The van der Waals surface area contributed by atoms with Gasteiger partial charge in [0.15, 0.2) is 0 Å². The Bertz CT molecular complexity index is 616. The number of nitrogens with one attached hydrogen (secondary N) is 1. The molecule has 1 aromatic heterocycles. The van der Waals surface area contributed by atoms with Crippen LogP contribution < -0.4 is 11.1 Å². The molecular weight excluding hydrogens is 256 g/mol. The summed E-state index contributed by atoms with van der Waals surface area (Å²) in [7, 11) is 1.88.